The van der Waals surface area contributed by atoms with Crippen LogP contribution < -0.4 is 5.32 Å². The number of benzene rings is 1. The predicted molar refractivity (Wildman–Crippen MR) is 111 cm³/mol. The van der Waals surface area contributed by atoms with Gasteiger partial charge < -0.3 is 15.0 Å². The fourth-order valence-electron chi connectivity index (χ4n) is 4.40. The Morgan fingerprint density at radius 3 is 2.93 bits per heavy atom. The number of aryl methyl sites for hydroxylation is 1. The van der Waals surface area contributed by atoms with E-state index in [-0.39, 0.29) is 17.8 Å². The fraction of sp³-hybridized carbons (Fsp3) is 0.478. The minimum Gasteiger partial charge on any atom is -0.376 e. The van der Waals surface area contributed by atoms with Crippen LogP contribution in [0.5, 0.6) is 0 Å². The summed E-state index contributed by atoms with van der Waals surface area (Å²) < 4.78 is 5.61. The molecule has 0 bridgehead atoms. The molecule has 1 aromatic carbocycles. The number of aromatic amines is 1. The van der Waals surface area contributed by atoms with Crippen molar-refractivity contribution < 1.29 is 14.3 Å². The van der Waals surface area contributed by atoms with Crippen molar-refractivity contribution in [2.24, 2.45) is 0 Å². The van der Waals surface area contributed by atoms with Crippen LogP contribution in [-0.2, 0) is 24.2 Å². The number of aromatic nitrogens is 1. The average Bonchev–Trinajstić information content (AvgIpc) is 3.04. The van der Waals surface area contributed by atoms with Gasteiger partial charge in [0.05, 0.1) is 12.7 Å². The summed E-state index contributed by atoms with van der Waals surface area (Å²) in [6, 6.07) is 8.34. The van der Waals surface area contributed by atoms with Gasteiger partial charge in [-0.25, -0.2) is 0 Å². The second kappa shape index (κ2) is 8.51. The van der Waals surface area contributed by atoms with Gasteiger partial charge in [-0.1, -0.05) is 24.3 Å². The maximum absolute atomic E-state index is 12.7. The first-order chi connectivity index (χ1) is 14.0. The maximum atomic E-state index is 12.7. The van der Waals surface area contributed by atoms with Gasteiger partial charge in [0.15, 0.2) is 5.78 Å². The predicted octanol–water partition coefficient (Wildman–Crippen LogP) is 2.99. The zero-order chi connectivity index (χ0) is 20.4. The Morgan fingerprint density at radius 1 is 1.31 bits per heavy atom. The number of fused-ring (bicyclic) bond motifs is 1. The summed E-state index contributed by atoms with van der Waals surface area (Å²) in [7, 11) is 0. The summed E-state index contributed by atoms with van der Waals surface area (Å²) in [4.78, 5) is 30.5. The Labute approximate surface area is 171 Å². The average molecular weight is 396 g/mol. The van der Waals surface area contributed by atoms with Crippen LogP contribution in [0, 0.1) is 6.92 Å². The molecule has 2 heterocycles. The van der Waals surface area contributed by atoms with Crippen LogP contribution in [0.2, 0.25) is 0 Å². The van der Waals surface area contributed by atoms with Crippen molar-refractivity contribution in [1.29, 1.82) is 0 Å². The second-order valence-corrected chi connectivity index (χ2v) is 8.17. The van der Waals surface area contributed by atoms with E-state index in [4.69, 9.17) is 4.74 Å². The summed E-state index contributed by atoms with van der Waals surface area (Å²) in [6.45, 7) is 7.98. The molecule has 1 amide bonds. The van der Waals surface area contributed by atoms with E-state index < -0.39 is 0 Å². The maximum Gasteiger partial charge on any atom is 0.268 e. The minimum atomic E-state index is -0.155. The van der Waals surface area contributed by atoms with Crippen LogP contribution >= 0.6 is 0 Å². The van der Waals surface area contributed by atoms with Gasteiger partial charge in [-0.05, 0) is 43.4 Å². The molecule has 1 aliphatic heterocycles. The number of nitrogens with zero attached hydrogens (tertiary/aromatic N) is 1. The van der Waals surface area contributed by atoms with E-state index in [0.717, 1.165) is 61.5 Å². The first kappa shape index (κ1) is 19.9. The third kappa shape index (κ3) is 4.43. The monoisotopic (exact) mass is 395 g/mol. The van der Waals surface area contributed by atoms with Crippen molar-refractivity contribution in [3.05, 3.63) is 57.9 Å². The van der Waals surface area contributed by atoms with Gasteiger partial charge in [-0.2, -0.15) is 0 Å². The van der Waals surface area contributed by atoms with Crippen LogP contribution in [0.25, 0.3) is 0 Å². The molecule has 0 saturated carbocycles. The highest BCUT2D eigenvalue weighted by molar-refractivity contribution is 6.04. The van der Waals surface area contributed by atoms with Gasteiger partial charge in [0.2, 0.25) is 0 Å². The Kier molecular flexibility index (Phi) is 5.83. The highest BCUT2D eigenvalue weighted by atomic mass is 16.5. The third-order valence-electron chi connectivity index (χ3n) is 5.84. The van der Waals surface area contributed by atoms with E-state index in [0.29, 0.717) is 18.7 Å². The Bertz CT molecular complexity index is 918. The second-order valence-electron chi connectivity index (χ2n) is 8.17. The molecule has 6 nitrogen and oxygen atoms in total. The van der Waals surface area contributed by atoms with Gasteiger partial charge >= 0.3 is 0 Å². The van der Waals surface area contributed by atoms with Crippen molar-refractivity contribution in [3.8, 4) is 0 Å². The van der Waals surface area contributed by atoms with Crippen molar-refractivity contribution in [2.75, 3.05) is 19.7 Å². The molecule has 1 atom stereocenters. The Morgan fingerprint density at radius 2 is 2.14 bits per heavy atom. The number of hydrogen-bond donors (Lipinski definition) is 2. The molecule has 1 fully saturated rings. The quantitative estimate of drug-likeness (QED) is 0.816. The molecule has 1 saturated heterocycles. The normalized spacial score (nSPS) is 19.8. The molecule has 0 radical (unpaired) electrons. The van der Waals surface area contributed by atoms with Crippen LogP contribution in [-0.4, -0.2) is 47.4 Å². The lowest BCUT2D eigenvalue weighted by Crippen LogP contribution is -2.40. The van der Waals surface area contributed by atoms with Gasteiger partial charge in [-0.3, -0.25) is 14.5 Å². The largest absolute Gasteiger partial charge is 0.376 e. The van der Waals surface area contributed by atoms with Gasteiger partial charge in [0, 0.05) is 43.9 Å². The van der Waals surface area contributed by atoms with Crippen LogP contribution in [0.3, 0.4) is 0 Å². The lowest BCUT2D eigenvalue weighted by Gasteiger charge is -2.31. The number of amides is 1. The van der Waals surface area contributed by atoms with Gasteiger partial charge in [-0.15, -0.1) is 0 Å². The highest BCUT2D eigenvalue weighted by Crippen LogP contribution is 2.26. The van der Waals surface area contributed by atoms with Crippen molar-refractivity contribution in [2.45, 2.75) is 52.3 Å². The molecule has 1 aliphatic carbocycles. The molecule has 2 aromatic rings. The molecule has 29 heavy (non-hydrogen) atoms. The molecule has 4 rings (SSSR count). The molecular formula is C23H29N3O3. The summed E-state index contributed by atoms with van der Waals surface area (Å²) in [5.41, 5.74) is 5.24. The summed E-state index contributed by atoms with van der Waals surface area (Å²) in [6.07, 6.45) is 2.52. The SMILES string of the molecule is Cc1c(C(=O)NCc2cccc(CN3CCOC(C)C3)c2)[nH]c2c1C(=O)CCC2. The number of carbonyl (C=O) groups excluding carboxylic acids is 2. The van der Waals surface area contributed by atoms with E-state index >= 15 is 0 Å². The zero-order valence-corrected chi connectivity index (χ0v) is 17.2. The van der Waals surface area contributed by atoms with Crippen LogP contribution in [0.4, 0.5) is 0 Å². The number of morpholine rings is 1. The molecule has 2 N–H and O–H groups in total. The van der Waals surface area contributed by atoms with Crippen molar-refractivity contribution >= 4 is 11.7 Å². The number of ketones is 1. The lowest BCUT2D eigenvalue weighted by atomic mass is 9.94. The Hall–Kier alpha value is -2.44. The van der Waals surface area contributed by atoms with E-state index in [9.17, 15) is 9.59 Å². The molecule has 1 aromatic heterocycles. The van der Waals surface area contributed by atoms with E-state index in [2.05, 4.69) is 34.3 Å². The number of H-pyrrole nitrogens is 1. The Balaban J connectivity index is 1.39. The van der Waals surface area contributed by atoms with Crippen LogP contribution in [0.15, 0.2) is 24.3 Å². The first-order valence-electron chi connectivity index (χ1n) is 10.5. The number of nitrogens with one attached hydrogen (secondary N) is 2. The van der Waals surface area contributed by atoms with E-state index in [1.54, 1.807) is 0 Å². The number of ether oxygens (including phenoxy) is 1. The van der Waals surface area contributed by atoms with Gasteiger partial charge in [0.25, 0.3) is 5.91 Å². The molecule has 154 valence electrons. The topological polar surface area (TPSA) is 74.4 Å². The van der Waals surface area contributed by atoms with E-state index in [1.165, 1.54) is 5.56 Å². The number of carbonyl (C=O) groups is 2. The third-order valence-corrected chi connectivity index (χ3v) is 5.84. The fourth-order valence-corrected chi connectivity index (χ4v) is 4.40. The van der Waals surface area contributed by atoms with Crippen LogP contribution in [0.1, 0.15) is 63.0 Å². The smallest absolute Gasteiger partial charge is 0.268 e. The van der Waals surface area contributed by atoms with Gasteiger partial charge in [0.1, 0.15) is 5.69 Å². The minimum absolute atomic E-state index is 0.143. The van der Waals surface area contributed by atoms with E-state index in [1.807, 2.05) is 19.1 Å². The molecule has 1 unspecified atom stereocenters. The molecule has 6 heteroatoms. The molecule has 2 aliphatic rings. The van der Waals surface area contributed by atoms with Crippen molar-refractivity contribution in [1.82, 2.24) is 15.2 Å². The first-order valence-corrected chi connectivity index (χ1v) is 10.5. The lowest BCUT2D eigenvalue weighted by molar-refractivity contribution is -0.0212. The zero-order valence-electron chi connectivity index (χ0n) is 17.2. The number of rotatable bonds is 5. The molecular weight excluding hydrogens is 366 g/mol. The molecule has 0 spiro atoms. The summed E-state index contributed by atoms with van der Waals surface area (Å²) in [5.74, 6) is -0.0127. The highest BCUT2D eigenvalue weighted by Gasteiger charge is 2.26. The number of hydrogen-bond acceptors (Lipinski definition) is 4. The summed E-state index contributed by atoms with van der Waals surface area (Å²) >= 11 is 0. The van der Waals surface area contributed by atoms with Crippen molar-refractivity contribution in [3.63, 3.8) is 0 Å². The standard InChI is InChI=1S/C23H29N3O3/c1-15-13-26(9-10-29-15)14-18-6-3-5-17(11-18)12-24-23(28)22-16(2)21-19(25-22)7-4-8-20(21)27/h3,5-6,11,15,25H,4,7-10,12-14H2,1-2H3,(H,24,28). The number of Topliss-reactive ketones (excluding diaryl/α,β-unsaturated/α-hetero) is 1. The summed E-state index contributed by atoms with van der Waals surface area (Å²) in [5, 5.41) is 3.00.